The number of carboxylic acid groups (broad SMARTS) is 1. The Morgan fingerprint density at radius 2 is 2.11 bits per heavy atom. The first-order chi connectivity index (χ1) is 8.49. The van der Waals surface area contributed by atoms with E-state index >= 15 is 0 Å². The van der Waals surface area contributed by atoms with Gasteiger partial charge < -0.3 is 20.5 Å². The number of amides is 1. The predicted molar refractivity (Wildman–Crippen MR) is 63.9 cm³/mol. The summed E-state index contributed by atoms with van der Waals surface area (Å²) in [6, 6.07) is -0.388. The summed E-state index contributed by atoms with van der Waals surface area (Å²) < 4.78 is 5.21. The van der Waals surface area contributed by atoms with E-state index in [9.17, 15) is 9.59 Å². The Morgan fingerprint density at radius 1 is 1.44 bits per heavy atom. The molecule has 0 aromatic rings. The number of carbonyl (C=O) groups excluding carboxylic acids is 1. The molecule has 3 N–H and O–H groups in total. The number of ether oxygens (including phenoxy) is 1. The fourth-order valence-corrected chi connectivity index (χ4v) is 2.67. The van der Waals surface area contributed by atoms with Crippen LogP contribution in [0.4, 0.5) is 0 Å². The van der Waals surface area contributed by atoms with E-state index in [1.54, 1.807) is 4.90 Å². The van der Waals surface area contributed by atoms with E-state index in [2.05, 4.69) is 0 Å². The lowest BCUT2D eigenvalue weighted by Crippen LogP contribution is -2.62. The maximum absolute atomic E-state index is 12.4. The number of rotatable bonds is 4. The number of carboxylic acids is 1. The van der Waals surface area contributed by atoms with Crippen molar-refractivity contribution in [3.05, 3.63) is 0 Å². The molecule has 0 spiro atoms. The lowest BCUT2D eigenvalue weighted by atomic mass is 9.76. The van der Waals surface area contributed by atoms with Gasteiger partial charge >= 0.3 is 5.97 Å². The van der Waals surface area contributed by atoms with Gasteiger partial charge in [0.05, 0.1) is 24.8 Å². The van der Waals surface area contributed by atoms with Gasteiger partial charge in [0.2, 0.25) is 5.91 Å². The summed E-state index contributed by atoms with van der Waals surface area (Å²) in [5, 5.41) is 9.13. The quantitative estimate of drug-likeness (QED) is 0.727. The maximum atomic E-state index is 12.4. The third-order valence-electron chi connectivity index (χ3n) is 4.04. The lowest BCUT2D eigenvalue weighted by molar-refractivity contribution is -0.148. The minimum atomic E-state index is -0.913. The highest BCUT2D eigenvalue weighted by Gasteiger charge is 2.47. The number of likely N-dealkylation sites (N-methyl/N-ethyl adjacent to an activating group) is 1. The molecular weight excluding hydrogens is 236 g/mol. The van der Waals surface area contributed by atoms with Crippen LogP contribution in [0.1, 0.15) is 26.2 Å². The molecule has 0 bridgehead atoms. The van der Waals surface area contributed by atoms with Gasteiger partial charge in [0.25, 0.3) is 0 Å². The van der Waals surface area contributed by atoms with Gasteiger partial charge in [-0.25, -0.2) is 0 Å². The first-order valence-corrected chi connectivity index (χ1v) is 6.40. The summed E-state index contributed by atoms with van der Waals surface area (Å²) in [5.74, 6) is -1.68. The van der Waals surface area contributed by atoms with Crippen molar-refractivity contribution in [3.63, 3.8) is 0 Å². The van der Waals surface area contributed by atoms with Crippen LogP contribution in [0.5, 0.6) is 0 Å². The number of hydrogen-bond donors (Lipinski definition) is 2. The molecule has 2 unspecified atom stereocenters. The smallest absolute Gasteiger partial charge is 0.311 e. The van der Waals surface area contributed by atoms with E-state index in [1.807, 2.05) is 6.92 Å². The van der Waals surface area contributed by atoms with Gasteiger partial charge in [0.15, 0.2) is 0 Å². The van der Waals surface area contributed by atoms with Crippen molar-refractivity contribution < 1.29 is 19.4 Å². The second-order valence-corrected chi connectivity index (χ2v) is 5.15. The minimum absolute atomic E-state index is 0.127. The second-order valence-electron chi connectivity index (χ2n) is 5.15. The molecular formula is C12H20N2O4. The molecule has 1 saturated carbocycles. The van der Waals surface area contributed by atoms with E-state index in [0.717, 1.165) is 6.42 Å². The lowest BCUT2D eigenvalue weighted by Gasteiger charge is -2.42. The van der Waals surface area contributed by atoms with Crippen LogP contribution in [-0.2, 0) is 14.3 Å². The van der Waals surface area contributed by atoms with Crippen LogP contribution in [0, 0.1) is 5.92 Å². The first-order valence-electron chi connectivity index (χ1n) is 6.40. The summed E-state index contributed by atoms with van der Waals surface area (Å²) in [4.78, 5) is 25.1. The zero-order valence-corrected chi connectivity index (χ0v) is 10.6. The van der Waals surface area contributed by atoms with Gasteiger partial charge in [-0.3, -0.25) is 9.59 Å². The monoisotopic (exact) mass is 256 g/mol. The number of carbonyl (C=O) groups is 2. The molecule has 1 saturated heterocycles. The molecule has 1 amide bonds. The summed E-state index contributed by atoms with van der Waals surface area (Å²) in [5.41, 5.74) is 5.26. The summed E-state index contributed by atoms with van der Waals surface area (Å²) in [6.45, 7) is 2.76. The molecule has 2 atom stereocenters. The topological polar surface area (TPSA) is 92.9 Å². The van der Waals surface area contributed by atoms with E-state index in [0.29, 0.717) is 19.4 Å². The van der Waals surface area contributed by atoms with Crippen molar-refractivity contribution in [1.82, 2.24) is 4.90 Å². The van der Waals surface area contributed by atoms with Gasteiger partial charge in [0, 0.05) is 6.54 Å². The van der Waals surface area contributed by atoms with Crippen LogP contribution in [-0.4, -0.2) is 53.2 Å². The van der Waals surface area contributed by atoms with Crippen LogP contribution in [0.25, 0.3) is 0 Å². The normalized spacial score (nSPS) is 29.7. The van der Waals surface area contributed by atoms with Gasteiger partial charge in [-0.2, -0.15) is 0 Å². The molecule has 102 valence electrons. The van der Waals surface area contributed by atoms with E-state index in [4.69, 9.17) is 15.6 Å². The highest BCUT2D eigenvalue weighted by molar-refractivity contribution is 5.88. The third-order valence-corrected chi connectivity index (χ3v) is 4.04. The molecule has 0 aromatic heterocycles. The van der Waals surface area contributed by atoms with Crippen molar-refractivity contribution in [1.29, 1.82) is 0 Å². The SMILES string of the molecule is CCN(C(=O)C1(N)CCC1)C1COCC1C(=O)O. The molecule has 1 aliphatic heterocycles. The summed E-state index contributed by atoms with van der Waals surface area (Å²) in [7, 11) is 0. The van der Waals surface area contributed by atoms with E-state index in [-0.39, 0.29) is 25.2 Å². The van der Waals surface area contributed by atoms with Crippen LogP contribution in [0.2, 0.25) is 0 Å². The van der Waals surface area contributed by atoms with Crippen LogP contribution in [0.3, 0.4) is 0 Å². The van der Waals surface area contributed by atoms with Crippen LogP contribution >= 0.6 is 0 Å². The molecule has 2 rings (SSSR count). The Labute approximate surface area is 106 Å². The third kappa shape index (κ3) is 2.10. The molecule has 0 radical (unpaired) electrons. The second kappa shape index (κ2) is 4.85. The maximum Gasteiger partial charge on any atom is 0.311 e. The average Bonchev–Trinajstić information content (AvgIpc) is 2.76. The zero-order chi connectivity index (χ0) is 13.3. The highest BCUT2D eigenvalue weighted by atomic mass is 16.5. The van der Waals surface area contributed by atoms with Crippen LogP contribution < -0.4 is 5.73 Å². The largest absolute Gasteiger partial charge is 0.481 e. The number of nitrogens with zero attached hydrogens (tertiary/aromatic N) is 1. The summed E-state index contributed by atoms with van der Waals surface area (Å²) >= 11 is 0. The van der Waals surface area contributed by atoms with Crippen molar-refractivity contribution in [3.8, 4) is 0 Å². The van der Waals surface area contributed by atoms with E-state index in [1.165, 1.54) is 0 Å². The van der Waals surface area contributed by atoms with Crippen LogP contribution in [0.15, 0.2) is 0 Å². The molecule has 6 heteroatoms. The Morgan fingerprint density at radius 3 is 2.56 bits per heavy atom. The fraction of sp³-hybridized carbons (Fsp3) is 0.833. The Kier molecular flexibility index (Phi) is 3.59. The average molecular weight is 256 g/mol. The Balaban J connectivity index is 2.12. The van der Waals surface area contributed by atoms with Gasteiger partial charge in [-0.05, 0) is 26.2 Å². The first kappa shape index (κ1) is 13.3. The molecule has 18 heavy (non-hydrogen) atoms. The standard InChI is InChI=1S/C12H20N2O4/c1-2-14(11(17)12(13)4-3-5-12)9-7-18-6-8(9)10(15)16/h8-9H,2-7,13H2,1H3,(H,15,16). The molecule has 1 heterocycles. The van der Waals surface area contributed by atoms with Crippen molar-refractivity contribution >= 4 is 11.9 Å². The highest BCUT2D eigenvalue weighted by Crippen LogP contribution is 2.33. The number of nitrogens with two attached hydrogens (primary N) is 1. The van der Waals surface area contributed by atoms with Crippen molar-refractivity contribution in [2.45, 2.75) is 37.8 Å². The molecule has 0 aromatic carbocycles. The van der Waals surface area contributed by atoms with Crippen molar-refractivity contribution in [2.75, 3.05) is 19.8 Å². The van der Waals surface area contributed by atoms with Gasteiger partial charge in [-0.1, -0.05) is 0 Å². The van der Waals surface area contributed by atoms with Gasteiger partial charge in [-0.15, -0.1) is 0 Å². The number of aliphatic carboxylic acids is 1. The van der Waals surface area contributed by atoms with Gasteiger partial charge in [0.1, 0.15) is 5.92 Å². The Hall–Kier alpha value is -1.14. The van der Waals surface area contributed by atoms with E-state index < -0.39 is 17.4 Å². The zero-order valence-electron chi connectivity index (χ0n) is 10.6. The molecule has 2 fully saturated rings. The molecule has 1 aliphatic carbocycles. The predicted octanol–water partition coefficient (Wildman–Crippen LogP) is -0.184. The summed E-state index contributed by atoms with van der Waals surface area (Å²) in [6.07, 6.45) is 2.34. The minimum Gasteiger partial charge on any atom is -0.481 e. The Bertz CT molecular complexity index is 354. The fourth-order valence-electron chi connectivity index (χ4n) is 2.67. The molecule has 6 nitrogen and oxygen atoms in total. The van der Waals surface area contributed by atoms with Crippen molar-refractivity contribution in [2.24, 2.45) is 11.7 Å². The number of hydrogen-bond acceptors (Lipinski definition) is 4. The molecule has 2 aliphatic rings.